The van der Waals surface area contributed by atoms with Gasteiger partial charge in [-0.3, -0.25) is 4.40 Å². The summed E-state index contributed by atoms with van der Waals surface area (Å²) in [6, 6.07) is 12.6. The van der Waals surface area contributed by atoms with Gasteiger partial charge in [0.2, 0.25) is 0 Å². The number of aromatic nitrogens is 3. The van der Waals surface area contributed by atoms with E-state index in [1.54, 1.807) is 12.1 Å². The molecule has 132 valence electrons. The third-order valence-corrected chi connectivity index (χ3v) is 4.59. The average Bonchev–Trinajstić information content (AvgIpc) is 3.04. The topological polar surface area (TPSA) is 36.7 Å². The fraction of sp³-hybridized carbons (Fsp3) is 0.333. The third-order valence-electron chi connectivity index (χ3n) is 4.29. The van der Waals surface area contributed by atoms with Crippen molar-refractivity contribution >= 4 is 24.0 Å². The molecule has 0 saturated carbocycles. The molecule has 3 heterocycles. The van der Waals surface area contributed by atoms with E-state index in [-0.39, 0.29) is 5.82 Å². The molecule has 0 amide bonds. The Kier molecular flexibility index (Phi) is 5.88. The zero-order valence-corrected chi connectivity index (χ0v) is 15.1. The van der Waals surface area contributed by atoms with Gasteiger partial charge < -0.3 is 9.80 Å². The molecule has 0 bridgehead atoms. The lowest BCUT2D eigenvalue weighted by Gasteiger charge is -2.35. The minimum atomic E-state index is -0.148. The molecule has 1 aliphatic heterocycles. The van der Waals surface area contributed by atoms with E-state index in [2.05, 4.69) is 39.5 Å². The van der Waals surface area contributed by atoms with Crippen LogP contribution >= 0.6 is 12.6 Å². The number of nitrogens with zero attached hydrogens (tertiary/aromatic N) is 5. The van der Waals surface area contributed by atoms with Crippen molar-refractivity contribution in [2.24, 2.45) is 0 Å². The van der Waals surface area contributed by atoms with Crippen LogP contribution in [-0.4, -0.2) is 52.2 Å². The number of rotatable bonds is 2. The van der Waals surface area contributed by atoms with Crippen molar-refractivity contribution in [2.75, 3.05) is 37.6 Å². The Hall–Kier alpha value is -2.12. The zero-order valence-electron chi connectivity index (χ0n) is 14.2. The number of likely N-dealkylation sites (N-methyl/N-ethyl adjacent to an activating group) is 1. The van der Waals surface area contributed by atoms with Gasteiger partial charge in [-0.1, -0.05) is 19.1 Å². The molecule has 5 nitrogen and oxygen atoms in total. The molecule has 0 unspecified atom stereocenters. The number of benzene rings is 1. The minimum Gasteiger partial charge on any atom is -0.369 e. The van der Waals surface area contributed by atoms with Crippen molar-refractivity contribution in [3.63, 3.8) is 0 Å². The quantitative estimate of drug-likeness (QED) is 0.714. The molecule has 1 aliphatic rings. The van der Waals surface area contributed by atoms with Crippen molar-refractivity contribution in [1.82, 2.24) is 19.5 Å². The lowest BCUT2D eigenvalue weighted by molar-refractivity contribution is 0.271. The molecule has 0 radical (unpaired) electrons. The van der Waals surface area contributed by atoms with Gasteiger partial charge in [0.05, 0.1) is 0 Å². The summed E-state index contributed by atoms with van der Waals surface area (Å²) in [6.07, 6.45) is 1.87. The number of halogens is 1. The van der Waals surface area contributed by atoms with Crippen LogP contribution in [-0.2, 0) is 0 Å². The molecule has 0 N–H and O–H groups in total. The van der Waals surface area contributed by atoms with Crippen molar-refractivity contribution in [3.05, 3.63) is 54.5 Å². The summed E-state index contributed by atoms with van der Waals surface area (Å²) in [4.78, 5) is 4.66. The van der Waals surface area contributed by atoms with Crippen LogP contribution in [0.5, 0.6) is 0 Å². The van der Waals surface area contributed by atoms with Crippen LogP contribution in [0.25, 0.3) is 5.65 Å². The SMILES string of the molecule is CCN1CCN(c2cccc(F)c2)CC1.Sc1nnc2ccccn12. The van der Waals surface area contributed by atoms with E-state index in [9.17, 15) is 4.39 Å². The second-order valence-electron chi connectivity index (χ2n) is 5.83. The first-order chi connectivity index (χ1) is 12.2. The van der Waals surface area contributed by atoms with Crippen LogP contribution in [0.3, 0.4) is 0 Å². The molecule has 0 aliphatic carbocycles. The van der Waals surface area contributed by atoms with Crippen LogP contribution in [0.2, 0.25) is 0 Å². The number of thiol groups is 1. The van der Waals surface area contributed by atoms with Gasteiger partial charge in [0.15, 0.2) is 10.8 Å². The smallest absolute Gasteiger partial charge is 0.192 e. The molecular weight excluding hydrogens is 337 g/mol. The summed E-state index contributed by atoms with van der Waals surface area (Å²) in [5, 5.41) is 8.25. The predicted octanol–water partition coefficient (Wildman–Crippen LogP) is 2.99. The van der Waals surface area contributed by atoms with Gasteiger partial charge >= 0.3 is 0 Å². The summed E-state index contributed by atoms with van der Waals surface area (Å²) in [5.74, 6) is -0.148. The molecule has 1 fully saturated rings. The molecule has 0 atom stereocenters. The lowest BCUT2D eigenvalue weighted by Crippen LogP contribution is -2.46. The first kappa shape index (κ1) is 17.7. The fourth-order valence-corrected chi connectivity index (χ4v) is 3.04. The van der Waals surface area contributed by atoms with Crippen molar-refractivity contribution in [2.45, 2.75) is 12.1 Å². The molecule has 7 heteroatoms. The highest BCUT2D eigenvalue weighted by Gasteiger charge is 2.15. The van der Waals surface area contributed by atoms with Crippen LogP contribution in [0.15, 0.2) is 53.8 Å². The number of fused-ring (bicyclic) bond motifs is 1. The lowest BCUT2D eigenvalue weighted by atomic mass is 10.2. The van der Waals surface area contributed by atoms with E-state index in [0.29, 0.717) is 5.16 Å². The van der Waals surface area contributed by atoms with Crippen LogP contribution < -0.4 is 4.90 Å². The molecule has 0 spiro atoms. The van der Waals surface area contributed by atoms with E-state index in [4.69, 9.17) is 0 Å². The summed E-state index contributed by atoms with van der Waals surface area (Å²) < 4.78 is 14.8. The maximum absolute atomic E-state index is 13.0. The monoisotopic (exact) mass is 359 g/mol. The Labute approximate surface area is 152 Å². The minimum absolute atomic E-state index is 0.148. The first-order valence-electron chi connectivity index (χ1n) is 8.39. The molecule has 2 aromatic heterocycles. The zero-order chi connectivity index (χ0) is 17.6. The Morgan fingerprint density at radius 1 is 1.04 bits per heavy atom. The second-order valence-corrected chi connectivity index (χ2v) is 6.23. The van der Waals surface area contributed by atoms with Crippen LogP contribution in [0.1, 0.15) is 6.92 Å². The highest BCUT2D eigenvalue weighted by molar-refractivity contribution is 7.80. The average molecular weight is 359 g/mol. The standard InChI is InChI=1S/C12H17FN2.C6H5N3S/c1-2-14-6-8-15(9-7-14)12-5-3-4-11(13)10-12;10-6-8-7-5-3-1-2-4-9(5)6/h3-5,10H,2,6-9H2,1H3;1-4H,(H,8,10). The molecule has 1 saturated heterocycles. The summed E-state index contributed by atoms with van der Waals surface area (Å²) in [7, 11) is 0. The molecule has 3 aromatic rings. The Balaban J connectivity index is 0.000000157. The van der Waals surface area contributed by atoms with Gasteiger partial charge in [-0.15, -0.1) is 22.8 Å². The van der Waals surface area contributed by atoms with E-state index >= 15 is 0 Å². The van der Waals surface area contributed by atoms with Gasteiger partial charge in [-0.2, -0.15) is 0 Å². The summed E-state index contributed by atoms with van der Waals surface area (Å²) >= 11 is 4.09. The largest absolute Gasteiger partial charge is 0.369 e. The number of piperazine rings is 1. The fourth-order valence-electron chi connectivity index (χ4n) is 2.82. The first-order valence-corrected chi connectivity index (χ1v) is 8.83. The predicted molar refractivity (Wildman–Crippen MR) is 101 cm³/mol. The Morgan fingerprint density at radius 3 is 2.52 bits per heavy atom. The van der Waals surface area contributed by atoms with Gasteiger partial charge in [-0.25, -0.2) is 4.39 Å². The van der Waals surface area contributed by atoms with Gasteiger partial charge in [0, 0.05) is 38.1 Å². The Bertz CT molecular complexity index is 814. The Morgan fingerprint density at radius 2 is 1.84 bits per heavy atom. The molecule has 25 heavy (non-hydrogen) atoms. The van der Waals surface area contributed by atoms with Crippen LogP contribution in [0, 0.1) is 5.82 Å². The normalized spacial score (nSPS) is 15.1. The number of hydrogen-bond donors (Lipinski definition) is 1. The van der Waals surface area contributed by atoms with Crippen molar-refractivity contribution in [1.29, 1.82) is 0 Å². The van der Waals surface area contributed by atoms with E-state index in [1.165, 1.54) is 6.07 Å². The van der Waals surface area contributed by atoms with Crippen molar-refractivity contribution < 1.29 is 4.39 Å². The molecular formula is C18H22FN5S. The number of anilines is 1. The van der Waals surface area contributed by atoms with Gasteiger partial charge in [-0.05, 0) is 36.9 Å². The third kappa shape index (κ3) is 4.49. The summed E-state index contributed by atoms with van der Waals surface area (Å²) in [6.45, 7) is 7.43. The maximum Gasteiger partial charge on any atom is 0.192 e. The maximum atomic E-state index is 13.0. The van der Waals surface area contributed by atoms with Gasteiger partial charge in [0.25, 0.3) is 0 Å². The van der Waals surface area contributed by atoms with E-state index < -0.39 is 0 Å². The highest BCUT2D eigenvalue weighted by atomic mass is 32.1. The number of pyridine rings is 1. The second kappa shape index (κ2) is 8.31. The number of hydrogen-bond acceptors (Lipinski definition) is 5. The van der Waals surface area contributed by atoms with Gasteiger partial charge in [0.1, 0.15) is 5.82 Å². The molecule has 1 aromatic carbocycles. The van der Waals surface area contributed by atoms with E-state index in [0.717, 1.165) is 44.1 Å². The summed E-state index contributed by atoms with van der Waals surface area (Å²) in [5.41, 5.74) is 1.83. The molecule has 4 rings (SSSR count). The van der Waals surface area contributed by atoms with Crippen LogP contribution in [0.4, 0.5) is 10.1 Å². The van der Waals surface area contributed by atoms with Crippen molar-refractivity contribution in [3.8, 4) is 0 Å². The highest BCUT2D eigenvalue weighted by Crippen LogP contribution is 2.17. The van der Waals surface area contributed by atoms with E-state index in [1.807, 2.05) is 34.9 Å².